The topological polar surface area (TPSA) is 105 Å². The molecule has 0 aliphatic carbocycles. The molecule has 0 radical (unpaired) electrons. The third-order valence-corrected chi connectivity index (χ3v) is 7.57. The summed E-state index contributed by atoms with van der Waals surface area (Å²) in [5.74, 6) is -0.0499. The van der Waals surface area contributed by atoms with Crippen molar-refractivity contribution >= 4 is 50.7 Å². The van der Waals surface area contributed by atoms with Crippen LogP contribution in [0.1, 0.15) is 32.3 Å². The number of ether oxygens (including phenoxy) is 2. The first kappa shape index (κ1) is 28.9. The number of sulfonamides is 1. The number of fused-ring (bicyclic) bond motifs is 1. The number of carbonyl (C=O) groups excluding carboxylic acids is 2. The van der Waals surface area contributed by atoms with E-state index in [0.717, 1.165) is 23.4 Å². The molecule has 1 heterocycles. The van der Waals surface area contributed by atoms with E-state index >= 15 is 0 Å². The van der Waals surface area contributed by atoms with E-state index in [9.17, 15) is 18.0 Å². The van der Waals surface area contributed by atoms with Crippen molar-refractivity contribution in [2.45, 2.75) is 39.3 Å². The monoisotopic (exact) mass is 571 g/mol. The molecule has 202 valence electrons. The predicted octanol–water partition coefficient (Wildman–Crippen LogP) is 3.86. The summed E-state index contributed by atoms with van der Waals surface area (Å²) in [5, 5.41) is 3.59. The molecule has 1 aliphatic rings. The number of carbonyl (C=O) groups is 2. The standard InChI is InChI=1S/C25H31Cl2N3O6S/c1-4-5-10-28-25(32)17(2)29(15-18-6-7-19(26)13-21(18)27)24(31)16-30(37(3,33)34)20-8-9-22-23(14-20)36-12-11-35-22/h6-9,13-14,17H,4-5,10-12,15-16H2,1-3H3,(H,28,32)/t17-/m0/s1. The molecule has 1 atom stereocenters. The van der Waals surface area contributed by atoms with Crippen LogP contribution in [0.5, 0.6) is 11.5 Å². The molecular weight excluding hydrogens is 541 g/mol. The highest BCUT2D eigenvalue weighted by Crippen LogP contribution is 2.35. The average Bonchev–Trinajstić information content (AvgIpc) is 2.85. The van der Waals surface area contributed by atoms with Gasteiger partial charge < -0.3 is 19.7 Å². The van der Waals surface area contributed by atoms with Crippen LogP contribution in [0.15, 0.2) is 36.4 Å². The van der Waals surface area contributed by atoms with Gasteiger partial charge in [0.05, 0.1) is 11.9 Å². The Morgan fingerprint density at radius 1 is 1.08 bits per heavy atom. The second-order valence-corrected chi connectivity index (χ2v) is 11.4. The van der Waals surface area contributed by atoms with Crippen LogP contribution in [-0.4, -0.2) is 63.7 Å². The molecule has 0 spiro atoms. The van der Waals surface area contributed by atoms with Crippen molar-refractivity contribution in [3.8, 4) is 11.5 Å². The van der Waals surface area contributed by atoms with Crippen molar-refractivity contribution in [3.05, 3.63) is 52.0 Å². The number of hydrogen-bond acceptors (Lipinski definition) is 6. The number of halogens is 2. The van der Waals surface area contributed by atoms with Gasteiger partial charge in [0, 0.05) is 29.2 Å². The number of rotatable bonds is 11. The Morgan fingerprint density at radius 2 is 1.78 bits per heavy atom. The van der Waals surface area contributed by atoms with Gasteiger partial charge in [-0.05, 0) is 43.2 Å². The van der Waals surface area contributed by atoms with Gasteiger partial charge in [0.1, 0.15) is 25.8 Å². The molecule has 2 aromatic carbocycles. The summed E-state index contributed by atoms with van der Waals surface area (Å²) in [6, 6.07) is 8.62. The summed E-state index contributed by atoms with van der Waals surface area (Å²) in [4.78, 5) is 27.8. The van der Waals surface area contributed by atoms with Crippen LogP contribution in [0.4, 0.5) is 5.69 Å². The van der Waals surface area contributed by atoms with Gasteiger partial charge >= 0.3 is 0 Å². The zero-order chi connectivity index (χ0) is 27.2. The maximum atomic E-state index is 13.6. The van der Waals surface area contributed by atoms with Crippen molar-refractivity contribution in [3.63, 3.8) is 0 Å². The average molecular weight is 573 g/mol. The van der Waals surface area contributed by atoms with E-state index in [1.165, 1.54) is 11.0 Å². The lowest BCUT2D eigenvalue weighted by Crippen LogP contribution is -2.51. The van der Waals surface area contributed by atoms with Gasteiger partial charge in [0.15, 0.2) is 11.5 Å². The Morgan fingerprint density at radius 3 is 2.43 bits per heavy atom. The number of amides is 2. The van der Waals surface area contributed by atoms with Gasteiger partial charge in [0.2, 0.25) is 21.8 Å². The van der Waals surface area contributed by atoms with E-state index in [1.807, 2.05) is 6.92 Å². The zero-order valence-corrected chi connectivity index (χ0v) is 23.3. The minimum Gasteiger partial charge on any atom is -0.486 e. The number of unbranched alkanes of at least 4 members (excludes halogenated alkanes) is 1. The van der Waals surface area contributed by atoms with Gasteiger partial charge in [0.25, 0.3) is 0 Å². The van der Waals surface area contributed by atoms with Crippen molar-refractivity contribution in [2.24, 2.45) is 0 Å². The van der Waals surface area contributed by atoms with Crippen LogP contribution >= 0.6 is 23.2 Å². The molecular formula is C25H31Cl2N3O6S. The Bertz CT molecular complexity index is 1240. The fourth-order valence-corrected chi connectivity index (χ4v) is 5.06. The maximum Gasteiger partial charge on any atom is 0.244 e. The molecule has 37 heavy (non-hydrogen) atoms. The second-order valence-electron chi connectivity index (χ2n) is 8.68. The Hall–Kier alpha value is -2.69. The number of nitrogens with one attached hydrogen (secondary N) is 1. The first-order chi connectivity index (χ1) is 17.5. The van der Waals surface area contributed by atoms with Crippen LogP contribution in [0, 0.1) is 0 Å². The Balaban J connectivity index is 1.91. The summed E-state index contributed by atoms with van der Waals surface area (Å²) >= 11 is 12.4. The first-order valence-electron chi connectivity index (χ1n) is 11.9. The highest BCUT2D eigenvalue weighted by Gasteiger charge is 2.31. The van der Waals surface area contributed by atoms with Crippen molar-refractivity contribution < 1.29 is 27.5 Å². The molecule has 3 rings (SSSR count). The van der Waals surface area contributed by atoms with Gasteiger partial charge in [-0.3, -0.25) is 13.9 Å². The number of benzene rings is 2. The van der Waals surface area contributed by atoms with E-state index in [2.05, 4.69) is 5.32 Å². The quantitative estimate of drug-likeness (QED) is 0.410. The summed E-state index contributed by atoms with van der Waals surface area (Å²) in [7, 11) is -3.88. The van der Waals surface area contributed by atoms with Crippen molar-refractivity contribution in [1.82, 2.24) is 10.2 Å². The lowest BCUT2D eigenvalue weighted by Gasteiger charge is -2.32. The molecule has 0 aromatic heterocycles. The van der Waals surface area contributed by atoms with Gasteiger partial charge in [-0.1, -0.05) is 42.6 Å². The van der Waals surface area contributed by atoms with E-state index in [0.29, 0.717) is 46.9 Å². The normalized spacial score (nSPS) is 13.5. The minimum absolute atomic E-state index is 0.0179. The Kier molecular flexibility index (Phi) is 9.92. The molecule has 9 nitrogen and oxygen atoms in total. The fourth-order valence-electron chi connectivity index (χ4n) is 3.75. The molecule has 12 heteroatoms. The van der Waals surface area contributed by atoms with E-state index in [1.54, 1.807) is 37.3 Å². The van der Waals surface area contributed by atoms with Crippen LogP contribution < -0.4 is 19.1 Å². The molecule has 2 aromatic rings. The van der Waals surface area contributed by atoms with Crippen molar-refractivity contribution in [2.75, 3.05) is 36.9 Å². The fraction of sp³-hybridized carbons (Fsp3) is 0.440. The number of nitrogens with zero attached hydrogens (tertiary/aromatic N) is 2. The summed E-state index contributed by atoms with van der Waals surface area (Å²) < 4.78 is 37.6. The van der Waals surface area contributed by atoms with Gasteiger partial charge in [-0.15, -0.1) is 0 Å². The van der Waals surface area contributed by atoms with Crippen LogP contribution in [0.25, 0.3) is 0 Å². The van der Waals surface area contributed by atoms with Crippen LogP contribution in [0.3, 0.4) is 0 Å². The summed E-state index contributed by atoms with van der Waals surface area (Å²) in [6.07, 6.45) is 2.70. The highest BCUT2D eigenvalue weighted by atomic mass is 35.5. The molecule has 0 bridgehead atoms. The number of hydrogen-bond donors (Lipinski definition) is 1. The third-order valence-electron chi connectivity index (χ3n) is 5.85. The summed E-state index contributed by atoms with van der Waals surface area (Å²) in [5.41, 5.74) is 0.808. The van der Waals surface area contributed by atoms with Crippen molar-refractivity contribution in [1.29, 1.82) is 0 Å². The third kappa shape index (κ3) is 7.66. The minimum atomic E-state index is -3.88. The van der Waals surface area contributed by atoms with Gasteiger partial charge in [-0.2, -0.15) is 0 Å². The Labute approximate surface area is 227 Å². The molecule has 1 N–H and O–H groups in total. The molecule has 0 fully saturated rings. The van der Waals surface area contributed by atoms with Gasteiger partial charge in [-0.25, -0.2) is 8.42 Å². The lowest BCUT2D eigenvalue weighted by atomic mass is 10.1. The SMILES string of the molecule is CCCCNC(=O)[C@H](C)N(Cc1ccc(Cl)cc1Cl)C(=O)CN(c1ccc2c(c1)OCCO2)S(C)(=O)=O. The van der Waals surface area contributed by atoms with E-state index in [4.69, 9.17) is 32.7 Å². The maximum absolute atomic E-state index is 13.6. The van der Waals surface area contributed by atoms with Crippen LogP contribution in [0.2, 0.25) is 10.0 Å². The summed E-state index contributed by atoms with van der Waals surface area (Å²) in [6.45, 7) is 4.24. The molecule has 1 aliphatic heterocycles. The zero-order valence-electron chi connectivity index (χ0n) is 21.0. The smallest absolute Gasteiger partial charge is 0.244 e. The first-order valence-corrected chi connectivity index (χ1v) is 14.5. The predicted molar refractivity (Wildman–Crippen MR) is 144 cm³/mol. The molecule has 0 saturated heterocycles. The van der Waals surface area contributed by atoms with E-state index in [-0.39, 0.29) is 18.1 Å². The largest absolute Gasteiger partial charge is 0.486 e. The molecule has 0 saturated carbocycles. The number of anilines is 1. The van der Waals surface area contributed by atoms with E-state index < -0.39 is 28.5 Å². The molecule has 0 unspecified atom stereocenters. The highest BCUT2D eigenvalue weighted by molar-refractivity contribution is 7.92. The molecule has 2 amide bonds. The van der Waals surface area contributed by atoms with Crippen LogP contribution in [-0.2, 0) is 26.2 Å². The second kappa shape index (κ2) is 12.7. The lowest BCUT2D eigenvalue weighted by molar-refractivity contribution is -0.139.